The third-order valence-electron chi connectivity index (χ3n) is 3.21. The molecule has 0 fully saturated rings. The van der Waals surface area contributed by atoms with Gasteiger partial charge in [-0.05, 0) is 20.3 Å². The summed E-state index contributed by atoms with van der Waals surface area (Å²) >= 11 is 0. The van der Waals surface area contributed by atoms with Crippen LogP contribution in [0.1, 0.15) is 38.8 Å². The normalized spacial score (nSPS) is 14.7. The standard InChI is InChI=1S/C15H19N5O2/c1-5-6-7-13(21)17-12-8-9(2)19-20(12)15-16-11(4)10(3)14(22)18-15/h8H,3,5-7H2,1-2,4H3,(H,17,21). The van der Waals surface area contributed by atoms with Crippen molar-refractivity contribution >= 4 is 29.3 Å². The fourth-order valence-corrected chi connectivity index (χ4v) is 1.93. The number of anilines is 1. The zero-order valence-electron chi connectivity index (χ0n) is 13.0. The Morgan fingerprint density at radius 1 is 1.36 bits per heavy atom. The van der Waals surface area contributed by atoms with Crippen LogP contribution in [0, 0.1) is 6.92 Å². The van der Waals surface area contributed by atoms with Gasteiger partial charge < -0.3 is 5.32 Å². The van der Waals surface area contributed by atoms with E-state index < -0.39 is 5.91 Å². The monoisotopic (exact) mass is 301 g/mol. The summed E-state index contributed by atoms with van der Waals surface area (Å²) in [6, 6.07) is 1.71. The van der Waals surface area contributed by atoms with Gasteiger partial charge in [0.05, 0.1) is 17.0 Å². The molecule has 2 heterocycles. The fraction of sp³-hybridized carbons (Fsp3) is 0.400. The lowest BCUT2D eigenvalue weighted by atomic mass is 10.2. The number of unbranched alkanes of at least 4 members (excludes halogenated alkanes) is 1. The summed E-state index contributed by atoms with van der Waals surface area (Å²) in [7, 11) is 0. The predicted molar refractivity (Wildman–Crippen MR) is 85.2 cm³/mol. The van der Waals surface area contributed by atoms with Crippen LogP contribution in [-0.4, -0.2) is 33.3 Å². The maximum Gasteiger partial charge on any atom is 0.281 e. The summed E-state index contributed by atoms with van der Waals surface area (Å²) in [4.78, 5) is 31.8. The largest absolute Gasteiger partial charge is 0.310 e. The van der Waals surface area contributed by atoms with Crippen molar-refractivity contribution in [1.29, 1.82) is 0 Å². The molecule has 1 aliphatic heterocycles. The van der Waals surface area contributed by atoms with Crippen molar-refractivity contribution in [2.24, 2.45) is 9.98 Å². The van der Waals surface area contributed by atoms with Gasteiger partial charge in [-0.2, -0.15) is 14.8 Å². The van der Waals surface area contributed by atoms with Crippen molar-refractivity contribution < 1.29 is 9.59 Å². The molecule has 7 heteroatoms. The van der Waals surface area contributed by atoms with Crippen LogP contribution in [0.2, 0.25) is 0 Å². The van der Waals surface area contributed by atoms with E-state index in [4.69, 9.17) is 0 Å². The van der Waals surface area contributed by atoms with Crippen LogP contribution in [0.5, 0.6) is 0 Å². The van der Waals surface area contributed by atoms with Gasteiger partial charge in [-0.1, -0.05) is 19.9 Å². The summed E-state index contributed by atoms with van der Waals surface area (Å²) in [6.07, 6.45) is 2.19. The first-order chi connectivity index (χ1) is 10.4. The van der Waals surface area contributed by atoms with Crippen molar-refractivity contribution in [2.45, 2.75) is 40.0 Å². The topological polar surface area (TPSA) is 88.7 Å². The zero-order valence-corrected chi connectivity index (χ0v) is 13.0. The molecule has 0 spiro atoms. The summed E-state index contributed by atoms with van der Waals surface area (Å²) in [5.74, 6) is 0.0396. The Morgan fingerprint density at radius 3 is 2.73 bits per heavy atom. The highest BCUT2D eigenvalue weighted by molar-refractivity contribution is 6.27. The van der Waals surface area contributed by atoms with Gasteiger partial charge in [0.25, 0.3) is 11.9 Å². The molecule has 1 aliphatic rings. The van der Waals surface area contributed by atoms with Gasteiger partial charge in [-0.3, -0.25) is 9.59 Å². The second-order valence-electron chi connectivity index (χ2n) is 5.13. The number of nitrogens with zero attached hydrogens (tertiary/aromatic N) is 4. The van der Waals surface area contributed by atoms with Crippen molar-refractivity contribution in [3.8, 4) is 0 Å². The number of carbonyl (C=O) groups is 2. The maximum atomic E-state index is 11.9. The van der Waals surface area contributed by atoms with E-state index in [1.165, 1.54) is 4.68 Å². The summed E-state index contributed by atoms with van der Waals surface area (Å²) in [6.45, 7) is 9.13. The highest BCUT2D eigenvalue weighted by Crippen LogP contribution is 2.15. The van der Waals surface area contributed by atoms with Gasteiger partial charge in [-0.25, -0.2) is 4.99 Å². The van der Waals surface area contributed by atoms with Gasteiger partial charge >= 0.3 is 0 Å². The molecule has 1 aromatic heterocycles. The first kappa shape index (κ1) is 15.8. The third-order valence-corrected chi connectivity index (χ3v) is 3.21. The van der Waals surface area contributed by atoms with Crippen LogP contribution in [0.15, 0.2) is 28.2 Å². The Bertz CT molecular complexity index is 697. The van der Waals surface area contributed by atoms with Crippen LogP contribution < -0.4 is 5.32 Å². The lowest BCUT2D eigenvalue weighted by Gasteiger charge is -2.12. The molecule has 116 valence electrons. The molecule has 0 saturated heterocycles. The number of nitrogens with one attached hydrogen (secondary N) is 1. The maximum absolute atomic E-state index is 11.9. The molecule has 2 rings (SSSR count). The van der Waals surface area contributed by atoms with Crippen LogP contribution in [-0.2, 0) is 9.59 Å². The van der Waals surface area contributed by atoms with E-state index in [1.807, 2.05) is 6.92 Å². The van der Waals surface area contributed by atoms with Crippen molar-refractivity contribution in [1.82, 2.24) is 9.78 Å². The minimum absolute atomic E-state index is 0.101. The van der Waals surface area contributed by atoms with E-state index in [2.05, 4.69) is 27.0 Å². The smallest absolute Gasteiger partial charge is 0.281 e. The Hall–Kier alpha value is -2.57. The predicted octanol–water partition coefficient (Wildman–Crippen LogP) is 2.08. The number of hydrogen-bond donors (Lipinski definition) is 1. The second-order valence-corrected chi connectivity index (χ2v) is 5.13. The zero-order chi connectivity index (χ0) is 16.3. The molecular weight excluding hydrogens is 282 g/mol. The molecule has 1 aromatic rings. The van der Waals surface area contributed by atoms with Crippen molar-refractivity contribution in [3.05, 3.63) is 23.9 Å². The average molecular weight is 301 g/mol. The van der Waals surface area contributed by atoms with E-state index in [1.54, 1.807) is 19.9 Å². The number of carbonyl (C=O) groups excluding carboxylic acids is 2. The van der Waals surface area contributed by atoms with Gasteiger partial charge in [0.15, 0.2) is 0 Å². The van der Waals surface area contributed by atoms with E-state index >= 15 is 0 Å². The molecule has 22 heavy (non-hydrogen) atoms. The molecule has 0 saturated carbocycles. The first-order valence-electron chi connectivity index (χ1n) is 7.17. The highest BCUT2D eigenvalue weighted by atomic mass is 16.2. The third kappa shape index (κ3) is 3.36. The second kappa shape index (κ2) is 6.46. The molecule has 0 aromatic carbocycles. The Balaban J connectivity index is 2.29. The lowest BCUT2D eigenvalue weighted by Crippen LogP contribution is -2.25. The summed E-state index contributed by atoms with van der Waals surface area (Å²) < 4.78 is 1.37. The molecule has 7 nitrogen and oxygen atoms in total. The quantitative estimate of drug-likeness (QED) is 0.863. The summed E-state index contributed by atoms with van der Waals surface area (Å²) in [5, 5.41) is 7.03. The van der Waals surface area contributed by atoms with E-state index in [-0.39, 0.29) is 17.4 Å². The Kier molecular flexibility index (Phi) is 4.65. The fourth-order valence-electron chi connectivity index (χ4n) is 1.93. The van der Waals surface area contributed by atoms with Gasteiger partial charge in [0.1, 0.15) is 5.82 Å². The molecule has 1 N–H and O–H groups in total. The molecule has 0 atom stereocenters. The molecule has 0 aliphatic carbocycles. The Morgan fingerprint density at radius 2 is 2.09 bits per heavy atom. The number of aromatic nitrogens is 2. The number of hydrogen-bond acceptors (Lipinski definition) is 4. The number of amides is 2. The van der Waals surface area contributed by atoms with Crippen LogP contribution in [0.4, 0.5) is 5.82 Å². The van der Waals surface area contributed by atoms with Gasteiger partial charge in [0, 0.05) is 12.5 Å². The van der Waals surface area contributed by atoms with Crippen molar-refractivity contribution in [2.75, 3.05) is 5.32 Å². The minimum Gasteiger partial charge on any atom is -0.310 e. The molecule has 2 amide bonds. The highest BCUT2D eigenvalue weighted by Gasteiger charge is 2.21. The molecule has 0 radical (unpaired) electrons. The van der Waals surface area contributed by atoms with Crippen molar-refractivity contribution in [3.63, 3.8) is 0 Å². The van der Waals surface area contributed by atoms with E-state index in [9.17, 15) is 9.59 Å². The molecule has 0 unspecified atom stereocenters. The molecular formula is C15H19N5O2. The van der Waals surface area contributed by atoms with Gasteiger partial charge in [0.2, 0.25) is 5.91 Å². The van der Waals surface area contributed by atoms with E-state index in [0.29, 0.717) is 23.6 Å². The lowest BCUT2D eigenvalue weighted by molar-refractivity contribution is -0.116. The number of aliphatic imine (C=N–C) groups is 2. The average Bonchev–Trinajstić information content (AvgIpc) is 2.82. The van der Waals surface area contributed by atoms with Crippen LogP contribution in [0.3, 0.4) is 0 Å². The summed E-state index contributed by atoms with van der Waals surface area (Å²) in [5.41, 5.74) is 1.45. The number of rotatable bonds is 4. The van der Waals surface area contributed by atoms with Crippen LogP contribution >= 0.6 is 0 Å². The van der Waals surface area contributed by atoms with E-state index in [0.717, 1.165) is 12.8 Å². The first-order valence-corrected chi connectivity index (χ1v) is 7.17. The molecule has 0 bridgehead atoms. The van der Waals surface area contributed by atoms with Gasteiger partial charge in [-0.15, -0.1) is 0 Å². The SMILES string of the molecule is C=C1C(=O)N=C(n2nc(C)cc2NC(=O)CCCC)N=C1C. The Labute approximate surface area is 128 Å². The minimum atomic E-state index is -0.445. The number of aryl methyl sites for hydroxylation is 1. The van der Waals surface area contributed by atoms with Crippen LogP contribution in [0.25, 0.3) is 0 Å².